The lowest BCUT2D eigenvalue weighted by Crippen LogP contribution is -2.43. The average molecular weight is 239 g/mol. The van der Waals surface area contributed by atoms with Crippen molar-refractivity contribution in [1.29, 1.82) is 0 Å². The third-order valence-corrected chi connectivity index (χ3v) is 2.60. The molecule has 0 aliphatic rings. The van der Waals surface area contributed by atoms with Gasteiger partial charge in [0.05, 0.1) is 12.7 Å². The molecule has 0 aromatic carbocycles. The van der Waals surface area contributed by atoms with Gasteiger partial charge >= 0.3 is 0 Å². The van der Waals surface area contributed by atoms with E-state index in [9.17, 15) is 9.90 Å². The minimum Gasteiger partial charge on any atom is -0.383 e. The van der Waals surface area contributed by atoms with Gasteiger partial charge in [-0.25, -0.2) is 0 Å². The third-order valence-electron chi connectivity index (χ3n) is 2.60. The molecule has 2 N–H and O–H groups in total. The SMILES string of the molecule is Cn1cc(C(C)(O)CNC(=O)C(C)(C)C)cn1. The first-order valence-corrected chi connectivity index (χ1v) is 5.63. The first-order valence-electron chi connectivity index (χ1n) is 5.63. The van der Waals surface area contributed by atoms with E-state index in [1.807, 2.05) is 20.8 Å². The highest BCUT2D eigenvalue weighted by molar-refractivity contribution is 5.81. The van der Waals surface area contributed by atoms with Gasteiger partial charge in [0, 0.05) is 24.2 Å². The minimum atomic E-state index is -1.10. The van der Waals surface area contributed by atoms with Gasteiger partial charge < -0.3 is 10.4 Å². The zero-order valence-electron chi connectivity index (χ0n) is 11.1. The van der Waals surface area contributed by atoms with Crippen molar-refractivity contribution in [2.75, 3.05) is 6.54 Å². The molecule has 5 nitrogen and oxygen atoms in total. The summed E-state index contributed by atoms with van der Waals surface area (Å²) in [7, 11) is 1.79. The zero-order chi connectivity index (χ0) is 13.3. The lowest BCUT2D eigenvalue weighted by atomic mass is 9.94. The van der Waals surface area contributed by atoms with E-state index in [-0.39, 0.29) is 12.5 Å². The molecule has 0 aliphatic heterocycles. The Balaban J connectivity index is 2.65. The molecule has 0 spiro atoms. The Morgan fingerprint density at radius 3 is 2.47 bits per heavy atom. The summed E-state index contributed by atoms with van der Waals surface area (Å²) in [5.74, 6) is -0.0818. The first kappa shape index (κ1) is 13.7. The number of rotatable bonds is 3. The molecule has 1 aromatic heterocycles. The summed E-state index contributed by atoms with van der Waals surface area (Å²) in [6.45, 7) is 7.34. The van der Waals surface area contributed by atoms with Crippen LogP contribution in [0.5, 0.6) is 0 Å². The Labute approximate surface area is 102 Å². The molecule has 0 aliphatic carbocycles. The van der Waals surface area contributed by atoms with Crippen molar-refractivity contribution in [2.45, 2.75) is 33.3 Å². The van der Waals surface area contributed by atoms with Crippen molar-refractivity contribution in [3.8, 4) is 0 Å². The molecule has 0 saturated carbocycles. The van der Waals surface area contributed by atoms with Crippen LogP contribution in [-0.4, -0.2) is 27.3 Å². The Hall–Kier alpha value is -1.36. The van der Waals surface area contributed by atoms with E-state index in [4.69, 9.17) is 0 Å². The Morgan fingerprint density at radius 2 is 2.06 bits per heavy atom. The number of carbonyl (C=O) groups is 1. The fourth-order valence-corrected chi connectivity index (χ4v) is 1.32. The number of carbonyl (C=O) groups excluding carboxylic acids is 1. The number of amides is 1. The van der Waals surface area contributed by atoms with Gasteiger partial charge in [-0.3, -0.25) is 9.48 Å². The van der Waals surface area contributed by atoms with E-state index >= 15 is 0 Å². The molecule has 1 aromatic rings. The van der Waals surface area contributed by atoms with Gasteiger partial charge in [0.15, 0.2) is 0 Å². The van der Waals surface area contributed by atoms with Crippen LogP contribution in [-0.2, 0) is 17.4 Å². The van der Waals surface area contributed by atoms with Crippen molar-refractivity contribution in [1.82, 2.24) is 15.1 Å². The van der Waals surface area contributed by atoms with Crippen LogP contribution in [0.1, 0.15) is 33.3 Å². The average Bonchev–Trinajstić information content (AvgIpc) is 2.60. The summed E-state index contributed by atoms with van der Waals surface area (Å²) < 4.78 is 1.62. The van der Waals surface area contributed by atoms with Crippen molar-refractivity contribution < 1.29 is 9.90 Å². The maximum Gasteiger partial charge on any atom is 0.225 e. The van der Waals surface area contributed by atoms with Gasteiger partial charge in [0.1, 0.15) is 5.60 Å². The van der Waals surface area contributed by atoms with Crippen molar-refractivity contribution in [3.05, 3.63) is 18.0 Å². The van der Waals surface area contributed by atoms with Crippen LogP contribution in [0.4, 0.5) is 0 Å². The van der Waals surface area contributed by atoms with Crippen LogP contribution >= 0.6 is 0 Å². The molecule has 5 heteroatoms. The van der Waals surface area contributed by atoms with Gasteiger partial charge in [-0.15, -0.1) is 0 Å². The largest absolute Gasteiger partial charge is 0.383 e. The molecule has 1 heterocycles. The van der Waals surface area contributed by atoms with E-state index in [1.165, 1.54) is 0 Å². The predicted octanol–water partition coefficient (Wildman–Crippen LogP) is 0.790. The van der Waals surface area contributed by atoms with Gasteiger partial charge in [0.25, 0.3) is 0 Å². The molecule has 96 valence electrons. The molecule has 0 bridgehead atoms. The predicted molar refractivity (Wildman–Crippen MR) is 65.2 cm³/mol. The van der Waals surface area contributed by atoms with E-state index in [1.54, 1.807) is 31.0 Å². The quantitative estimate of drug-likeness (QED) is 0.819. The van der Waals surface area contributed by atoms with Crippen molar-refractivity contribution in [3.63, 3.8) is 0 Å². The zero-order valence-corrected chi connectivity index (χ0v) is 11.1. The number of nitrogens with zero attached hydrogens (tertiary/aromatic N) is 2. The topological polar surface area (TPSA) is 67.2 Å². The molecule has 1 amide bonds. The molecule has 17 heavy (non-hydrogen) atoms. The minimum absolute atomic E-state index is 0.0818. The number of aryl methyl sites for hydroxylation is 1. The van der Waals surface area contributed by atoms with Gasteiger partial charge in [-0.2, -0.15) is 5.10 Å². The molecule has 1 rings (SSSR count). The molecule has 0 radical (unpaired) electrons. The van der Waals surface area contributed by atoms with Crippen LogP contribution in [0.15, 0.2) is 12.4 Å². The summed E-state index contributed by atoms with van der Waals surface area (Å²) in [5, 5.41) is 17.0. The second-order valence-electron chi connectivity index (χ2n) is 5.61. The molecule has 1 unspecified atom stereocenters. The lowest BCUT2D eigenvalue weighted by Gasteiger charge is -2.25. The van der Waals surface area contributed by atoms with Crippen LogP contribution in [0.25, 0.3) is 0 Å². The maximum atomic E-state index is 11.7. The first-order chi connectivity index (χ1) is 7.63. The maximum absolute atomic E-state index is 11.7. The number of aromatic nitrogens is 2. The smallest absolute Gasteiger partial charge is 0.225 e. The Morgan fingerprint density at radius 1 is 1.47 bits per heavy atom. The fraction of sp³-hybridized carbons (Fsp3) is 0.667. The fourth-order valence-electron chi connectivity index (χ4n) is 1.32. The Bertz CT molecular complexity index is 402. The van der Waals surface area contributed by atoms with Crippen molar-refractivity contribution >= 4 is 5.91 Å². The highest BCUT2D eigenvalue weighted by Gasteiger charge is 2.28. The van der Waals surface area contributed by atoms with Gasteiger partial charge in [0.2, 0.25) is 5.91 Å². The number of aliphatic hydroxyl groups is 1. The summed E-state index contributed by atoms with van der Waals surface area (Å²) in [5.41, 5.74) is -0.866. The van der Waals surface area contributed by atoms with Gasteiger partial charge in [-0.05, 0) is 6.92 Å². The van der Waals surface area contributed by atoms with E-state index in [0.29, 0.717) is 5.56 Å². The number of hydrogen-bond acceptors (Lipinski definition) is 3. The second-order valence-corrected chi connectivity index (χ2v) is 5.61. The van der Waals surface area contributed by atoms with Crippen LogP contribution in [0, 0.1) is 5.41 Å². The number of nitrogens with one attached hydrogen (secondary N) is 1. The molecule has 0 saturated heterocycles. The van der Waals surface area contributed by atoms with E-state index < -0.39 is 11.0 Å². The standard InChI is InChI=1S/C12H21N3O2/c1-11(2,3)10(16)13-8-12(4,17)9-6-14-15(5)7-9/h6-7,17H,8H2,1-5H3,(H,13,16). The van der Waals surface area contributed by atoms with Crippen LogP contribution < -0.4 is 5.32 Å². The molecular formula is C12H21N3O2. The molecular weight excluding hydrogens is 218 g/mol. The lowest BCUT2D eigenvalue weighted by molar-refractivity contribution is -0.129. The van der Waals surface area contributed by atoms with E-state index in [0.717, 1.165) is 0 Å². The highest BCUT2D eigenvalue weighted by Crippen LogP contribution is 2.19. The summed E-state index contributed by atoms with van der Waals surface area (Å²) in [6.07, 6.45) is 3.34. The van der Waals surface area contributed by atoms with Crippen LogP contribution in [0.3, 0.4) is 0 Å². The monoisotopic (exact) mass is 239 g/mol. The number of hydrogen-bond donors (Lipinski definition) is 2. The molecule has 1 atom stereocenters. The van der Waals surface area contributed by atoms with Crippen molar-refractivity contribution in [2.24, 2.45) is 12.5 Å². The summed E-state index contributed by atoms with van der Waals surface area (Å²) in [6, 6.07) is 0. The third kappa shape index (κ3) is 3.56. The second kappa shape index (κ2) is 4.49. The Kier molecular flexibility index (Phi) is 3.62. The summed E-state index contributed by atoms with van der Waals surface area (Å²) in [4.78, 5) is 11.7. The normalized spacial score (nSPS) is 15.4. The highest BCUT2D eigenvalue weighted by atomic mass is 16.3. The summed E-state index contributed by atoms with van der Waals surface area (Å²) >= 11 is 0. The van der Waals surface area contributed by atoms with Gasteiger partial charge in [-0.1, -0.05) is 20.8 Å². The van der Waals surface area contributed by atoms with E-state index in [2.05, 4.69) is 10.4 Å². The molecule has 0 fully saturated rings. The van der Waals surface area contributed by atoms with Crippen LogP contribution in [0.2, 0.25) is 0 Å².